The Kier molecular flexibility index (Phi) is 5.35. The SMILES string of the molecule is C=C1C=CC(C)=CN1/C=C(\N)CN1C=C(c2cccc(N)c2C=NC)NC1. The number of anilines is 1. The van der Waals surface area contributed by atoms with E-state index in [2.05, 4.69) is 28.0 Å². The topological polar surface area (TPSA) is 82.9 Å². The maximum absolute atomic E-state index is 6.26. The fourth-order valence-electron chi connectivity index (χ4n) is 3.05. The Hall–Kier alpha value is -3.41. The average molecular weight is 362 g/mol. The zero-order valence-corrected chi connectivity index (χ0v) is 15.8. The second-order valence-corrected chi connectivity index (χ2v) is 6.63. The Labute approximate surface area is 160 Å². The van der Waals surface area contributed by atoms with Crippen LogP contribution < -0.4 is 16.8 Å². The summed E-state index contributed by atoms with van der Waals surface area (Å²) in [5, 5.41) is 3.41. The molecule has 0 unspecified atom stereocenters. The number of allylic oxidation sites excluding steroid dienone is 3. The van der Waals surface area contributed by atoms with Crippen molar-refractivity contribution in [3.05, 3.63) is 83.6 Å². The third-order valence-electron chi connectivity index (χ3n) is 4.38. The summed E-state index contributed by atoms with van der Waals surface area (Å²) in [4.78, 5) is 8.19. The molecule has 2 heterocycles. The molecule has 2 aliphatic rings. The van der Waals surface area contributed by atoms with Crippen molar-refractivity contribution in [3.63, 3.8) is 0 Å². The number of benzene rings is 1. The first kappa shape index (κ1) is 18.4. The van der Waals surface area contributed by atoms with E-state index in [0.717, 1.165) is 33.8 Å². The average Bonchev–Trinajstić information content (AvgIpc) is 3.08. The van der Waals surface area contributed by atoms with Gasteiger partial charge in [-0.25, -0.2) is 0 Å². The summed E-state index contributed by atoms with van der Waals surface area (Å²) in [6.45, 7) is 7.36. The van der Waals surface area contributed by atoms with Crippen LogP contribution in [-0.2, 0) is 0 Å². The molecule has 6 nitrogen and oxygen atoms in total. The van der Waals surface area contributed by atoms with Crippen molar-refractivity contribution < 1.29 is 0 Å². The Bertz CT molecular complexity index is 888. The van der Waals surface area contributed by atoms with Crippen LogP contribution in [0.15, 0.2) is 77.5 Å². The van der Waals surface area contributed by atoms with Gasteiger partial charge in [0.15, 0.2) is 0 Å². The van der Waals surface area contributed by atoms with Crippen LogP contribution in [0.1, 0.15) is 18.1 Å². The highest BCUT2D eigenvalue weighted by Crippen LogP contribution is 2.24. The molecule has 0 bridgehead atoms. The molecule has 0 saturated heterocycles. The fourth-order valence-corrected chi connectivity index (χ4v) is 3.05. The van der Waals surface area contributed by atoms with Crippen molar-refractivity contribution in [1.82, 2.24) is 15.1 Å². The molecule has 27 heavy (non-hydrogen) atoms. The van der Waals surface area contributed by atoms with Crippen molar-refractivity contribution in [2.45, 2.75) is 6.92 Å². The van der Waals surface area contributed by atoms with Gasteiger partial charge in [-0.15, -0.1) is 0 Å². The van der Waals surface area contributed by atoms with E-state index in [4.69, 9.17) is 11.5 Å². The molecule has 0 saturated carbocycles. The van der Waals surface area contributed by atoms with E-state index >= 15 is 0 Å². The van der Waals surface area contributed by atoms with Gasteiger partial charge in [0.1, 0.15) is 0 Å². The van der Waals surface area contributed by atoms with E-state index in [1.165, 1.54) is 0 Å². The number of nitrogens with one attached hydrogen (secondary N) is 1. The number of rotatable bonds is 5. The molecule has 0 amide bonds. The summed E-state index contributed by atoms with van der Waals surface area (Å²) in [6, 6.07) is 5.86. The maximum atomic E-state index is 6.26. The van der Waals surface area contributed by atoms with Gasteiger partial charge < -0.3 is 26.6 Å². The van der Waals surface area contributed by atoms with E-state index in [1.807, 2.05) is 54.6 Å². The number of hydrogen-bond donors (Lipinski definition) is 3. The second kappa shape index (κ2) is 7.86. The molecule has 1 aromatic rings. The van der Waals surface area contributed by atoms with Crippen molar-refractivity contribution in [2.24, 2.45) is 10.7 Å². The lowest BCUT2D eigenvalue weighted by Gasteiger charge is -2.22. The number of aliphatic imine (C=N–C) groups is 1. The zero-order chi connectivity index (χ0) is 19.4. The fraction of sp³-hybridized carbons (Fsp3) is 0.190. The summed E-state index contributed by atoms with van der Waals surface area (Å²) in [5.41, 5.74) is 18.8. The van der Waals surface area contributed by atoms with Gasteiger partial charge in [0.2, 0.25) is 0 Å². The number of nitrogens with zero attached hydrogens (tertiary/aromatic N) is 3. The lowest BCUT2D eigenvalue weighted by molar-refractivity contribution is 0.418. The molecule has 6 heteroatoms. The number of hydrogen-bond acceptors (Lipinski definition) is 6. The van der Waals surface area contributed by atoms with Crippen molar-refractivity contribution in [3.8, 4) is 0 Å². The Morgan fingerprint density at radius 1 is 1.33 bits per heavy atom. The summed E-state index contributed by atoms with van der Waals surface area (Å²) in [6.07, 6.45) is 11.8. The first-order valence-electron chi connectivity index (χ1n) is 8.78. The first-order valence-corrected chi connectivity index (χ1v) is 8.78. The minimum absolute atomic E-state index is 0.608. The number of nitrogens with two attached hydrogens (primary N) is 2. The van der Waals surface area contributed by atoms with Crippen LogP contribution in [0.25, 0.3) is 5.70 Å². The van der Waals surface area contributed by atoms with Gasteiger partial charge in [0.25, 0.3) is 0 Å². The minimum atomic E-state index is 0.608. The molecule has 140 valence electrons. The summed E-state index contributed by atoms with van der Waals surface area (Å²) < 4.78 is 0. The molecule has 2 aliphatic heterocycles. The summed E-state index contributed by atoms with van der Waals surface area (Å²) in [7, 11) is 1.74. The van der Waals surface area contributed by atoms with Crippen LogP contribution in [0.2, 0.25) is 0 Å². The van der Waals surface area contributed by atoms with Gasteiger partial charge in [-0.1, -0.05) is 24.8 Å². The van der Waals surface area contributed by atoms with Gasteiger partial charge in [-0.05, 0) is 24.6 Å². The van der Waals surface area contributed by atoms with E-state index in [9.17, 15) is 0 Å². The summed E-state index contributed by atoms with van der Waals surface area (Å²) >= 11 is 0. The molecular formula is C21H26N6. The van der Waals surface area contributed by atoms with Gasteiger partial charge in [0.05, 0.1) is 18.9 Å². The third kappa shape index (κ3) is 4.23. The highest BCUT2D eigenvalue weighted by Gasteiger charge is 2.17. The molecule has 0 aliphatic carbocycles. The lowest BCUT2D eigenvalue weighted by Crippen LogP contribution is -2.27. The van der Waals surface area contributed by atoms with Crippen LogP contribution in [0.4, 0.5) is 5.69 Å². The molecular weight excluding hydrogens is 336 g/mol. The van der Waals surface area contributed by atoms with Crippen LogP contribution >= 0.6 is 0 Å². The monoisotopic (exact) mass is 362 g/mol. The maximum Gasteiger partial charge on any atom is 0.0876 e. The minimum Gasteiger partial charge on any atom is -0.399 e. The predicted molar refractivity (Wildman–Crippen MR) is 113 cm³/mol. The van der Waals surface area contributed by atoms with Crippen molar-refractivity contribution in [1.29, 1.82) is 0 Å². The van der Waals surface area contributed by atoms with Crippen LogP contribution in [-0.4, -0.2) is 36.3 Å². The molecule has 0 fully saturated rings. The molecule has 0 aromatic heterocycles. The molecule has 0 radical (unpaired) electrons. The standard InChI is InChI=1S/C21H26N6/c1-15-7-8-16(2)27(10-15)12-17(22)11-26-13-21(25-14-26)18-5-4-6-20(23)19(18)9-24-3/h4-10,12-13,25H,2,11,14,22-23H2,1,3H3/b17-12-,24-9?. The predicted octanol–water partition coefficient (Wildman–Crippen LogP) is 2.57. The number of nitrogen functional groups attached to an aromatic ring is 1. The molecule has 3 rings (SSSR count). The molecule has 5 N–H and O–H groups in total. The molecule has 0 spiro atoms. The molecule has 1 aromatic carbocycles. The normalized spacial score (nSPS) is 17.4. The highest BCUT2D eigenvalue weighted by atomic mass is 15.3. The Balaban J connectivity index is 1.75. The van der Waals surface area contributed by atoms with Crippen molar-refractivity contribution in [2.75, 3.05) is 26.0 Å². The third-order valence-corrected chi connectivity index (χ3v) is 4.38. The van der Waals surface area contributed by atoms with Crippen LogP contribution in [0.5, 0.6) is 0 Å². The van der Waals surface area contributed by atoms with Gasteiger partial charge >= 0.3 is 0 Å². The van der Waals surface area contributed by atoms with Gasteiger partial charge in [-0.2, -0.15) is 0 Å². The van der Waals surface area contributed by atoms with Crippen molar-refractivity contribution >= 4 is 17.6 Å². The Morgan fingerprint density at radius 3 is 2.93 bits per heavy atom. The zero-order valence-electron chi connectivity index (χ0n) is 15.8. The molecule has 0 atom stereocenters. The largest absolute Gasteiger partial charge is 0.399 e. The quantitative estimate of drug-likeness (QED) is 0.554. The smallest absolute Gasteiger partial charge is 0.0876 e. The van der Waals surface area contributed by atoms with E-state index in [1.54, 1.807) is 13.3 Å². The highest BCUT2D eigenvalue weighted by molar-refractivity contribution is 5.94. The van der Waals surface area contributed by atoms with E-state index in [-0.39, 0.29) is 0 Å². The van der Waals surface area contributed by atoms with Gasteiger partial charge in [-0.3, -0.25) is 4.99 Å². The first-order chi connectivity index (χ1) is 13.0. The second-order valence-electron chi connectivity index (χ2n) is 6.63. The lowest BCUT2D eigenvalue weighted by atomic mass is 10.0. The van der Waals surface area contributed by atoms with Crippen LogP contribution in [0.3, 0.4) is 0 Å². The summed E-state index contributed by atoms with van der Waals surface area (Å²) in [5.74, 6) is 0. The van der Waals surface area contributed by atoms with Gasteiger partial charge in [0, 0.05) is 60.1 Å². The van der Waals surface area contributed by atoms with Crippen LogP contribution in [0, 0.1) is 0 Å². The Morgan fingerprint density at radius 2 is 2.15 bits per heavy atom. The van der Waals surface area contributed by atoms with E-state index in [0.29, 0.717) is 18.9 Å². The van der Waals surface area contributed by atoms with E-state index < -0.39 is 0 Å².